The number of piperazine rings is 1. The van der Waals surface area contributed by atoms with Crippen LogP contribution in [0.4, 0.5) is 27.8 Å². The van der Waals surface area contributed by atoms with E-state index in [1.165, 1.54) is 17.4 Å². The zero-order chi connectivity index (χ0) is 33.3. The Kier molecular flexibility index (Phi) is 10.1. The summed E-state index contributed by atoms with van der Waals surface area (Å²) in [5, 5.41) is 21.4. The highest BCUT2D eigenvalue weighted by Gasteiger charge is 2.38. The summed E-state index contributed by atoms with van der Waals surface area (Å²) >= 11 is 7.46. The third-order valence-electron chi connectivity index (χ3n) is 9.68. The first kappa shape index (κ1) is 33.6. The standard InChI is InChI=1S/C31H39ClF3N7O4S/c32-24-16-19(15-23(26(24)43)31(33,34)35)17-25(28(44)40-12-10-39(11-13-40)21-1-6-36-7-2-21)37-29(45)41-8-3-22(4-9-41)42-18-20-5-14-47-27(20)38-30(42)46/h5,14-16,21-22,25,36,43H,1-4,6-13,17-18H2,(H,37,45)(H,38,46)/t25-/m1/s1. The van der Waals surface area contributed by atoms with Gasteiger partial charge < -0.3 is 30.4 Å². The number of hydrogen-bond acceptors (Lipinski definition) is 7. The largest absolute Gasteiger partial charge is 0.506 e. The Morgan fingerprint density at radius 3 is 2.40 bits per heavy atom. The fourth-order valence-corrected chi connectivity index (χ4v) is 8.08. The number of nitrogens with one attached hydrogen (secondary N) is 3. The van der Waals surface area contributed by atoms with Crippen LogP contribution in [0.3, 0.4) is 0 Å². The molecule has 0 radical (unpaired) electrons. The van der Waals surface area contributed by atoms with Crippen molar-refractivity contribution in [3.63, 3.8) is 0 Å². The van der Waals surface area contributed by atoms with Crippen LogP contribution in [0.2, 0.25) is 5.02 Å². The Hall–Kier alpha value is -3.27. The number of benzene rings is 1. The lowest BCUT2D eigenvalue weighted by molar-refractivity contribution is -0.138. The molecule has 5 heterocycles. The maximum absolute atomic E-state index is 13.9. The molecule has 0 aliphatic carbocycles. The van der Waals surface area contributed by atoms with E-state index in [1.54, 1.807) is 14.7 Å². The highest BCUT2D eigenvalue weighted by atomic mass is 35.5. The van der Waals surface area contributed by atoms with E-state index < -0.39 is 34.6 Å². The number of likely N-dealkylation sites (tertiary alicyclic amines) is 1. The summed E-state index contributed by atoms with van der Waals surface area (Å²) in [4.78, 5) is 47.6. The van der Waals surface area contributed by atoms with Gasteiger partial charge in [0.2, 0.25) is 5.91 Å². The fourth-order valence-electron chi connectivity index (χ4n) is 7.03. The second kappa shape index (κ2) is 14.1. The van der Waals surface area contributed by atoms with Gasteiger partial charge in [-0.2, -0.15) is 13.2 Å². The van der Waals surface area contributed by atoms with E-state index in [0.29, 0.717) is 64.7 Å². The molecular formula is C31H39ClF3N7O4S. The van der Waals surface area contributed by atoms with Gasteiger partial charge in [-0.15, -0.1) is 11.3 Å². The Morgan fingerprint density at radius 2 is 1.72 bits per heavy atom. The second-order valence-corrected chi connectivity index (χ2v) is 13.9. The first-order chi connectivity index (χ1) is 22.5. The van der Waals surface area contributed by atoms with Crippen LogP contribution >= 0.6 is 22.9 Å². The van der Waals surface area contributed by atoms with Gasteiger partial charge in [-0.25, -0.2) is 9.59 Å². The molecule has 0 spiro atoms. The number of piperidine rings is 2. The number of rotatable bonds is 6. The molecule has 6 rings (SSSR count). The average Bonchev–Trinajstić information content (AvgIpc) is 3.52. The van der Waals surface area contributed by atoms with E-state index in [0.717, 1.165) is 42.6 Å². The van der Waals surface area contributed by atoms with E-state index in [2.05, 4.69) is 20.9 Å². The van der Waals surface area contributed by atoms with Crippen molar-refractivity contribution >= 4 is 45.9 Å². The van der Waals surface area contributed by atoms with Crippen LogP contribution in [0.25, 0.3) is 0 Å². The molecule has 4 aliphatic heterocycles. The van der Waals surface area contributed by atoms with Crippen molar-refractivity contribution in [3.8, 4) is 5.75 Å². The summed E-state index contributed by atoms with van der Waals surface area (Å²) in [6, 6.07) is 2.50. The quantitative estimate of drug-likeness (QED) is 0.360. The van der Waals surface area contributed by atoms with Crippen LogP contribution in [0, 0.1) is 0 Å². The SMILES string of the molecule is O=C(N[C@H](Cc1cc(Cl)c(O)c(C(F)(F)F)c1)C(=O)N1CCN(C2CCNCC2)CC1)N1CCC(N2Cc3ccsc3NC2=O)CC1. The molecule has 4 aliphatic rings. The smallest absolute Gasteiger partial charge is 0.420 e. The van der Waals surface area contributed by atoms with Crippen molar-refractivity contribution in [3.05, 3.63) is 45.3 Å². The zero-order valence-corrected chi connectivity index (χ0v) is 27.4. The number of phenols is 1. The molecule has 47 heavy (non-hydrogen) atoms. The third kappa shape index (κ3) is 7.58. The van der Waals surface area contributed by atoms with Crippen LogP contribution in [0.15, 0.2) is 23.6 Å². The van der Waals surface area contributed by atoms with Crippen molar-refractivity contribution < 1.29 is 32.7 Å². The van der Waals surface area contributed by atoms with Crippen LogP contribution in [0.1, 0.15) is 42.4 Å². The molecule has 3 saturated heterocycles. The maximum atomic E-state index is 13.9. The molecule has 4 N–H and O–H groups in total. The summed E-state index contributed by atoms with van der Waals surface area (Å²) < 4.78 is 41.0. The van der Waals surface area contributed by atoms with Crippen molar-refractivity contribution in [2.45, 2.75) is 63.0 Å². The van der Waals surface area contributed by atoms with Crippen molar-refractivity contribution in [2.75, 3.05) is 57.7 Å². The lowest BCUT2D eigenvalue weighted by Crippen LogP contribution is -2.59. The van der Waals surface area contributed by atoms with Crippen LogP contribution in [-0.4, -0.2) is 113 Å². The van der Waals surface area contributed by atoms with Gasteiger partial charge in [0.15, 0.2) is 0 Å². The number of hydrogen-bond donors (Lipinski definition) is 4. The molecule has 16 heteroatoms. The van der Waals surface area contributed by atoms with Gasteiger partial charge in [0.25, 0.3) is 0 Å². The maximum Gasteiger partial charge on any atom is 0.420 e. The number of fused-ring (bicyclic) bond motifs is 1. The van der Waals surface area contributed by atoms with Crippen molar-refractivity contribution in [1.29, 1.82) is 0 Å². The summed E-state index contributed by atoms with van der Waals surface area (Å²) in [5.74, 6) is -1.46. The van der Waals surface area contributed by atoms with Crippen molar-refractivity contribution in [1.82, 2.24) is 30.2 Å². The van der Waals surface area contributed by atoms with E-state index in [9.17, 15) is 32.7 Å². The minimum absolute atomic E-state index is 0.0646. The number of carbonyl (C=O) groups is 3. The normalized spacial score (nSPS) is 20.9. The highest BCUT2D eigenvalue weighted by Crippen LogP contribution is 2.40. The Bertz CT molecular complexity index is 1470. The molecule has 256 valence electrons. The highest BCUT2D eigenvalue weighted by molar-refractivity contribution is 7.14. The molecule has 1 aromatic carbocycles. The Morgan fingerprint density at radius 1 is 1.02 bits per heavy atom. The molecule has 0 unspecified atom stereocenters. The summed E-state index contributed by atoms with van der Waals surface area (Å²) in [7, 11) is 0. The molecule has 0 saturated carbocycles. The van der Waals surface area contributed by atoms with Crippen molar-refractivity contribution in [2.24, 2.45) is 0 Å². The van der Waals surface area contributed by atoms with Gasteiger partial charge >= 0.3 is 18.2 Å². The Balaban J connectivity index is 1.13. The van der Waals surface area contributed by atoms with Crippen LogP contribution in [-0.2, 0) is 23.9 Å². The number of halogens is 4. The molecule has 5 amide bonds. The minimum atomic E-state index is -4.86. The minimum Gasteiger partial charge on any atom is -0.506 e. The van der Waals surface area contributed by atoms with Gasteiger partial charge in [-0.05, 0) is 67.9 Å². The fraction of sp³-hybridized carbons (Fsp3) is 0.581. The monoisotopic (exact) mass is 697 g/mol. The van der Waals surface area contributed by atoms with Gasteiger partial charge in [-0.3, -0.25) is 15.0 Å². The molecule has 3 fully saturated rings. The van der Waals surface area contributed by atoms with Gasteiger partial charge in [0, 0.05) is 63.3 Å². The lowest BCUT2D eigenvalue weighted by Gasteiger charge is -2.42. The average molecular weight is 698 g/mol. The predicted molar refractivity (Wildman–Crippen MR) is 172 cm³/mol. The first-order valence-corrected chi connectivity index (χ1v) is 17.2. The van der Waals surface area contributed by atoms with E-state index in [-0.39, 0.29) is 30.0 Å². The number of aromatic hydroxyl groups is 1. The topological polar surface area (TPSA) is 120 Å². The number of nitrogens with zero attached hydrogens (tertiary/aromatic N) is 4. The number of phenolic OH excluding ortho intramolecular Hbond substituents is 1. The molecule has 2 aromatic rings. The molecule has 11 nitrogen and oxygen atoms in total. The summed E-state index contributed by atoms with van der Waals surface area (Å²) in [6.07, 6.45) is -1.96. The van der Waals surface area contributed by atoms with E-state index in [1.807, 2.05) is 11.4 Å². The van der Waals surface area contributed by atoms with Crippen LogP contribution < -0.4 is 16.0 Å². The number of urea groups is 2. The molecule has 1 atom stereocenters. The lowest BCUT2D eigenvalue weighted by atomic mass is 10.00. The van der Waals surface area contributed by atoms with Crippen LogP contribution in [0.5, 0.6) is 5.75 Å². The summed E-state index contributed by atoms with van der Waals surface area (Å²) in [6.45, 7) is 5.30. The third-order valence-corrected chi connectivity index (χ3v) is 10.8. The zero-order valence-electron chi connectivity index (χ0n) is 25.8. The number of thiophene rings is 1. The van der Waals surface area contributed by atoms with E-state index >= 15 is 0 Å². The number of amides is 5. The number of carbonyl (C=O) groups excluding carboxylic acids is 3. The van der Waals surface area contributed by atoms with Gasteiger partial charge in [-0.1, -0.05) is 11.6 Å². The number of alkyl halides is 3. The second-order valence-electron chi connectivity index (χ2n) is 12.6. The molecule has 0 bridgehead atoms. The van der Waals surface area contributed by atoms with E-state index in [4.69, 9.17) is 11.6 Å². The predicted octanol–water partition coefficient (Wildman–Crippen LogP) is 4.15. The number of anilines is 1. The molecular weight excluding hydrogens is 659 g/mol. The first-order valence-electron chi connectivity index (χ1n) is 16.0. The van der Waals surface area contributed by atoms with Gasteiger partial charge in [0.1, 0.15) is 16.8 Å². The summed E-state index contributed by atoms with van der Waals surface area (Å²) in [5.41, 5.74) is -0.183. The van der Waals surface area contributed by atoms with Gasteiger partial charge in [0.05, 0.1) is 17.1 Å². The Labute approximate surface area is 280 Å². The molecule has 1 aromatic heterocycles.